The van der Waals surface area contributed by atoms with Crippen LogP contribution in [0.4, 0.5) is 0 Å². The van der Waals surface area contributed by atoms with Crippen LogP contribution in [0.25, 0.3) is 0 Å². The van der Waals surface area contributed by atoms with Crippen LogP contribution < -0.4 is 5.32 Å². The molecule has 2 aliphatic rings. The Morgan fingerprint density at radius 3 is 2.97 bits per heavy atom. The fourth-order valence-corrected chi connectivity index (χ4v) is 4.68. The van der Waals surface area contributed by atoms with Crippen LogP contribution in [0.5, 0.6) is 0 Å². The van der Waals surface area contributed by atoms with Crippen LogP contribution in [-0.4, -0.2) is 53.0 Å². The van der Waals surface area contributed by atoms with Crippen LogP contribution in [0.15, 0.2) is 10.9 Å². The standard InChI is InChI=1S/C20H26N4O4S/c1-2-24-17-14(10-20(12-21-18(17)25)5-8-27-9-6-20)15(23-24)4-3-7-28-19(26)16-11-29-13-22-16/h11,13H,2-10,12H2,1H3,(H,21,25). The number of nitrogens with zero attached hydrogens (tertiary/aromatic N) is 3. The molecule has 0 aromatic carbocycles. The Kier molecular flexibility index (Phi) is 5.96. The molecule has 8 nitrogen and oxygen atoms in total. The zero-order valence-electron chi connectivity index (χ0n) is 16.6. The fraction of sp³-hybridized carbons (Fsp3) is 0.600. The van der Waals surface area contributed by atoms with Gasteiger partial charge in [0.05, 0.1) is 17.8 Å². The van der Waals surface area contributed by atoms with Crippen molar-refractivity contribution in [3.8, 4) is 0 Å². The van der Waals surface area contributed by atoms with E-state index < -0.39 is 5.97 Å². The van der Waals surface area contributed by atoms with Crippen molar-refractivity contribution >= 4 is 23.2 Å². The molecule has 0 unspecified atom stereocenters. The Hall–Kier alpha value is -2.26. The van der Waals surface area contributed by atoms with E-state index in [9.17, 15) is 9.59 Å². The lowest BCUT2D eigenvalue weighted by Crippen LogP contribution is -2.40. The maximum absolute atomic E-state index is 12.8. The molecule has 0 radical (unpaired) electrons. The molecule has 2 aliphatic heterocycles. The van der Waals surface area contributed by atoms with Crippen molar-refractivity contribution < 1.29 is 19.1 Å². The van der Waals surface area contributed by atoms with Gasteiger partial charge < -0.3 is 14.8 Å². The maximum atomic E-state index is 12.8. The van der Waals surface area contributed by atoms with E-state index >= 15 is 0 Å². The fourth-order valence-electron chi connectivity index (χ4n) is 4.16. The number of aryl methyl sites for hydroxylation is 2. The van der Waals surface area contributed by atoms with Crippen molar-refractivity contribution in [2.75, 3.05) is 26.4 Å². The van der Waals surface area contributed by atoms with Gasteiger partial charge in [-0.05, 0) is 44.4 Å². The summed E-state index contributed by atoms with van der Waals surface area (Å²) in [6.07, 6.45) is 4.03. The number of amides is 1. The van der Waals surface area contributed by atoms with E-state index in [0.717, 1.165) is 43.7 Å². The minimum absolute atomic E-state index is 0.0343. The van der Waals surface area contributed by atoms with Gasteiger partial charge in [0, 0.05) is 37.2 Å². The van der Waals surface area contributed by atoms with Crippen molar-refractivity contribution in [1.29, 1.82) is 0 Å². The minimum atomic E-state index is -0.398. The molecule has 156 valence electrons. The van der Waals surface area contributed by atoms with E-state index in [4.69, 9.17) is 14.6 Å². The molecule has 2 aromatic rings. The third-order valence-electron chi connectivity index (χ3n) is 5.81. The van der Waals surface area contributed by atoms with Crippen molar-refractivity contribution in [2.24, 2.45) is 5.41 Å². The summed E-state index contributed by atoms with van der Waals surface area (Å²) in [6.45, 7) is 5.08. The summed E-state index contributed by atoms with van der Waals surface area (Å²) in [5, 5.41) is 9.51. The van der Waals surface area contributed by atoms with E-state index in [2.05, 4.69) is 10.3 Å². The average molecular weight is 419 g/mol. The van der Waals surface area contributed by atoms with Gasteiger partial charge in [0.1, 0.15) is 5.69 Å². The molecule has 1 fully saturated rings. The third-order valence-corrected chi connectivity index (χ3v) is 6.40. The summed E-state index contributed by atoms with van der Waals surface area (Å²) in [6, 6.07) is 0. The second-order valence-corrected chi connectivity index (χ2v) is 8.39. The number of carbonyl (C=O) groups is 2. The largest absolute Gasteiger partial charge is 0.461 e. The Bertz CT molecular complexity index is 871. The van der Waals surface area contributed by atoms with Crippen LogP contribution in [0.1, 0.15) is 58.4 Å². The molecule has 0 aliphatic carbocycles. The number of esters is 1. The van der Waals surface area contributed by atoms with Crippen LogP contribution in [0.2, 0.25) is 0 Å². The molecule has 1 saturated heterocycles. The second-order valence-electron chi connectivity index (χ2n) is 7.67. The second kappa shape index (κ2) is 8.62. The number of ether oxygens (including phenoxy) is 2. The molecule has 29 heavy (non-hydrogen) atoms. The Morgan fingerprint density at radius 2 is 2.24 bits per heavy atom. The average Bonchev–Trinajstić information content (AvgIpc) is 3.36. The minimum Gasteiger partial charge on any atom is -0.461 e. The van der Waals surface area contributed by atoms with Crippen molar-refractivity contribution in [1.82, 2.24) is 20.1 Å². The molecule has 0 saturated carbocycles. The first-order chi connectivity index (χ1) is 14.1. The van der Waals surface area contributed by atoms with E-state index in [0.29, 0.717) is 43.9 Å². The van der Waals surface area contributed by atoms with Gasteiger partial charge in [0.25, 0.3) is 5.91 Å². The normalized spacial score (nSPS) is 18.2. The number of nitrogens with one attached hydrogen (secondary N) is 1. The van der Waals surface area contributed by atoms with Gasteiger partial charge >= 0.3 is 5.97 Å². The van der Waals surface area contributed by atoms with Gasteiger partial charge in [-0.1, -0.05) is 0 Å². The highest BCUT2D eigenvalue weighted by molar-refractivity contribution is 7.07. The van der Waals surface area contributed by atoms with E-state index in [-0.39, 0.29) is 11.3 Å². The Balaban J connectivity index is 1.47. The topological polar surface area (TPSA) is 95.3 Å². The predicted molar refractivity (Wildman–Crippen MR) is 107 cm³/mol. The molecule has 9 heteroatoms. The zero-order valence-corrected chi connectivity index (χ0v) is 17.4. The summed E-state index contributed by atoms with van der Waals surface area (Å²) in [5.74, 6) is -0.441. The first kappa shape index (κ1) is 20.0. The molecule has 2 aromatic heterocycles. The summed E-state index contributed by atoms with van der Waals surface area (Å²) in [5.41, 5.74) is 4.67. The maximum Gasteiger partial charge on any atom is 0.357 e. The molecular formula is C20H26N4O4S. The molecule has 1 N–H and O–H groups in total. The molecule has 0 bridgehead atoms. The van der Waals surface area contributed by atoms with Gasteiger partial charge in [0.2, 0.25) is 0 Å². The summed E-state index contributed by atoms with van der Waals surface area (Å²) in [7, 11) is 0. The highest BCUT2D eigenvalue weighted by Gasteiger charge is 2.39. The molecule has 1 amide bonds. The van der Waals surface area contributed by atoms with Crippen LogP contribution in [0.3, 0.4) is 0 Å². The predicted octanol–water partition coefficient (Wildman–Crippen LogP) is 2.23. The van der Waals surface area contributed by atoms with Gasteiger partial charge in [-0.2, -0.15) is 5.10 Å². The van der Waals surface area contributed by atoms with Crippen molar-refractivity contribution in [3.63, 3.8) is 0 Å². The molecule has 1 spiro atoms. The van der Waals surface area contributed by atoms with Crippen molar-refractivity contribution in [3.05, 3.63) is 33.5 Å². The van der Waals surface area contributed by atoms with E-state index in [1.807, 2.05) is 6.92 Å². The van der Waals surface area contributed by atoms with Crippen LogP contribution >= 0.6 is 11.3 Å². The lowest BCUT2D eigenvalue weighted by molar-refractivity contribution is 0.0160. The monoisotopic (exact) mass is 418 g/mol. The van der Waals surface area contributed by atoms with Gasteiger partial charge in [-0.3, -0.25) is 9.48 Å². The number of thiazole rings is 1. The van der Waals surface area contributed by atoms with E-state index in [1.165, 1.54) is 11.3 Å². The molecule has 0 atom stereocenters. The SMILES string of the molecule is CCn1nc(CCCOC(=O)c2cscn2)c2c1C(=O)NCC1(CCOCC1)C2. The van der Waals surface area contributed by atoms with Crippen LogP contribution in [0, 0.1) is 5.41 Å². The quantitative estimate of drug-likeness (QED) is 0.571. The Labute approximate surface area is 173 Å². The van der Waals surface area contributed by atoms with Gasteiger partial charge in [-0.15, -0.1) is 11.3 Å². The highest BCUT2D eigenvalue weighted by Crippen LogP contribution is 2.37. The van der Waals surface area contributed by atoms with Crippen molar-refractivity contribution in [2.45, 2.75) is 45.6 Å². The van der Waals surface area contributed by atoms with Gasteiger partial charge in [0.15, 0.2) is 5.69 Å². The Morgan fingerprint density at radius 1 is 1.41 bits per heavy atom. The number of aromatic nitrogens is 3. The number of hydrogen-bond acceptors (Lipinski definition) is 7. The first-order valence-corrected chi connectivity index (χ1v) is 11.1. The lowest BCUT2D eigenvalue weighted by Gasteiger charge is -2.36. The van der Waals surface area contributed by atoms with E-state index in [1.54, 1.807) is 15.6 Å². The molecular weight excluding hydrogens is 392 g/mol. The lowest BCUT2D eigenvalue weighted by atomic mass is 9.75. The van der Waals surface area contributed by atoms with Gasteiger partial charge in [-0.25, -0.2) is 9.78 Å². The third kappa shape index (κ3) is 4.20. The molecule has 4 rings (SSSR count). The smallest absolute Gasteiger partial charge is 0.357 e. The summed E-state index contributed by atoms with van der Waals surface area (Å²) >= 11 is 1.37. The summed E-state index contributed by atoms with van der Waals surface area (Å²) in [4.78, 5) is 28.7. The zero-order chi connectivity index (χ0) is 20.3. The van der Waals surface area contributed by atoms with Crippen LogP contribution in [-0.2, 0) is 28.9 Å². The molecule has 4 heterocycles. The number of fused-ring (bicyclic) bond motifs is 1. The summed E-state index contributed by atoms with van der Waals surface area (Å²) < 4.78 is 12.7. The number of carbonyl (C=O) groups excluding carboxylic acids is 2. The first-order valence-electron chi connectivity index (χ1n) is 10.1. The highest BCUT2D eigenvalue weighted by atomic mass is 32.1. The number of rotatable bonds is 6. The number of hydrogen-bond donors (Lipinski definition) is 1.